The molecule has 0 aliphatic rings. The first-order chi connectivity index (χ1) is 22.6. The number of hydrogen-bond acceptors (Lipinski definition) is 0. The number of fused-ring (bicyclic) bond motifs is 6. The third kappa shape index (κ3) is 10.9. The van der Waals surface area contributed by atoms with Gasteiger partial charge in [0.25, 0.3) is 0 Å². The van der Waals surface area contributed by atoms with Crippen LogP contribution >= 0.6 is 15.8 Å². The molecule has 6 rings (SSSR count). The Hall–Kier alpha value is -2.18. The molecule has 0 bridgehead atoms. The zero-order valence-electron chi connectivity index (χ0n) is 30.0. The van der Waals surface area contributed by atoms with E-state index in [0.717, 1.165) is 55.3 Å². The van der Waals surface area contributed by atoms with Crippen molar-refractivity contribution in [1.82, 2.24) is 0 Å². The van der Waals surface area contributed by atoms with Crippen LogP contribution < -0.4 is 0 Å². The molecule has 0 aliphatic carbocycles. The second-order valence-electron chi connectivity index (χ2n) is 13.6. The Morgan fingerprint density at radius 1 is 0.429 bits per heavy atom. The number of benzene rings is 6. The molecule has 0 atom stereocenters. The summed E-state index contributed by atoms with van der Waals surface area (Å²) < 4.78 is 0. The molecule has 260 valence electrons. The summed E-state index contributed by atoms with van der Waals surface area (Å²) in [6.07, 6.45) is 14.7. The minimum absolute atomic E-state index is 0. The van der Waals surface area contributed by atoms with Gasteiger partial charge in [0.15, 0.2) is 5.90 Å². The van der Waals surface area contributed by atoms with Gasteiger partial charge in [-0.1, -0.05) is 108 Å². The summed E-state index contributed by atoms with van der Waals surface area (Å²) in [5, 5.41) is 9.36. The van der Waals surface area contributed by atoms with Crippen molar-refractivity contribution in [1.29, 1.82) is 0 Å². The van der Waals surface area contributed by atoms with Crippen molar-refractivity contribution in [3.8, 4) is 11.8 Å². The maximum Gasteiger partial charge on any atom is 1.00 e. The van der Waals surface area contributed by atoms with Gasteiger partial charge < -0.3 is 12.8 Å². The van der Waals surface area contributed by atoms with Crippen molar-refractivity contribution in [2.75, 3.05) is 5.90 Å². The van der Waals surface area contributed by atoms with Gasteiger partial charge in [-0.25, -0.2) is 0 Å². The van der Waals surface area contributed by atoms with E-state index in [4.69, 9.17) is 12.8 Å². The molecule has 0 saturated carbocycles. The zero-order valence-corrected chi connectivity index (χ0v) is 36.3. The first-order valence-corrected chi connectivity index (χ1v) is 20.7. The van der Waals surface area contributed by atoms with Gasteiger partial charge in [0.05, 0.1) is 22.6 Å². The van der Waals surface area contributed by atoms with E-state index in [1.165, 1.54) is 21.5 Å². The maximum absolute atomic E-state index is 7.35. The van der Waals surface area contributed by atoms with Crippen LogP contribution in [-0.4, -0.2) is 28.5 Å². The van der Waals surface area contributed by atoms with E-state index in [1.54, 1.807) is 5.90 Å². The van der Waals surface area contributed by atoms with Crippen LogP contribution in [0.1, 0.15) is 66.5 Å². The van der Waals surface area contributed by atoms with Crippen LogP contribution in [0.3, 0.4) is 0 Å². The molecule has 0 spiro atoms. The van der Waals surface area contributed by atoms with Gasteiger partial charge >= 0.3 is 44.8 Å². The summed E-state index contributed by atoms with van der Waals surface area (Å²) in [5.74, 6) is 6.64. The monoisotopic (exact) mass is 1050 g/mol. The second-order valence-corrected chi connectivity index (χ2v) is 21.9. The fraction of sp³-hybridized carbons (Fsp3) is 0.289. The quantitative estimate of drug-likeness (QED) is 0.0513. The minimum atomic E-state index is -0.121. The zero-order chi connectivity index (χ0) is 34.1. The Labute approximate surface area is 330 Å². The van der Waals surface area contributed by atoms with Gasteiger partial charge in [0, 0.05) is 15.8 Å². The van der Waals surface area contributed by atoms with E-state index in [0.29, 0.717) is 0 Å². The van der Waals surface area contributed by atoms with Gasteiger partial charge in [-0.2, -0.15) is 0 Å². The van der Waals surface area contributed by atoms with Crippen molar-refractivity contribution in [2.45, 2.75) is 78.0 Å². The Morgan fingerprint density at radius 3 is 0.980 bits per heavy atom. The minimum Gasteiger partial charge on any atom is -0.366 e. The summed E-state index contributed by atoms with van der Waals surface area (Å²) >= 11 is 0. The van der Waals surface area contributed by atoms with E-state index in [1.807, 2.05) is 72.8 Å². The molecule has 0 aliphatic heterocycles. The first kappa shape index (κ1) is 43.0. The normalized spacial score (nSPS) is 10.9. The number of hydrogen-bond donors (Lipinski definition) is 0. The van der Waals surface area contributed by atoms with E-state index >= 15 is 0 Å². The SMILES string of the molecule is CC(C)[PH+](C[PH+](C(C)C)C(C)C)C(C)C.[Au+].[Au+].[C-]#Cc1cc2ccccc2c2ccccc12.[C-]#Cc1cc2ccccc2c2ccccc12. The summed E-state index contributed by atoms with van der Waals surface area (Å²) in [5.41, 5.74) is 5.52. The Balaban J connectivity index is 0.000000250. The Kier molecular flexibility index (Phi) is 18.1. The molecule has 0 nitrogen and oxygen atoms in total. The summed E-state index contributed by atoms with van der Waals surface area (Å²) in [4.78, 5) is 0. The van der Waals surface area contributed by atoms with Crippen LogP contribution in [0.5, 0.6) is 0 Å². The third-order valence-electron chi connectivity index (χ3n) is 9.18. The molecule has 0 unspecified atom stereocenters. The molecule has 0 fully saturated rings. The molecule has 0 aromatic heterocycles. The smallest absolute Gasteiger partial charge is 0.366 e. The molecule has 49 heavy (non-hydrogen) atoms. The van der Waals surface area contributed by atoms with Crippen LogP contribution in [0, 0.1) is 24.7 Å². The van der Waals surface area contributed by atoms with Crippen LogP contribution in [0.25, 0.3) is 43.1 Å². The Morgan fingerprint density at radius 2 is 0.694 bits per heavy atom. The van der Waals surface area contributed by atoms with Gasteiger partial charge in [-0.05, 0) is 87.7 Å². The molecular formula is C45H50Au2P2+2. The fourth-order valence-corrected chi connectivity index (χ4v) is 17.8. The molecule has 0 saturated heterocycles. The van der Waals surface area contributed by atoms with Crippen LogP contribution in [-0.2, 0) is 44.8 Å². The molecule has 0 N–H and O–H groups in total. The van der Waals surface area contributed by atoms with Gasteiger partial charge in [-0.15, -0.1) is 23.3 Å². The molecule has 6 aromatic rings. The van der Waals surface area contributed by atoms with Crippen molar-refractivity contribution in [3.63, 3.8) is 0 Å². The average molecular weight is 1050 g/mol. The van der Waals surface area contributed by atoms with Gasteiger partial charge in [-0.3, -0.25) is 11.8 Å². The van der Waals surface area contributed by atoms with Crippen molar-refractivity contribution < 1.29 is 44.8 Å². The van der Waals surface area contributed by atoms with Crippen molar-refractivity contribution in [2.24, 2.45) is 0 Å². The molecule has 0 radical (unpaired) electrons. The van der Waals surface area contributed by atoms with Crippen LogP contribution in [0.2, 0.25) is 0 Å². The van der Waals surface area contributed by atoms with E-state index < -0.39 is 0 Å². The second kappa shape index (κ2) is 20.6. The molecule has 0 amide bonds. The van der Waals surface area contributed by atoms with Gasteiger partial charge in [0.2, 0.25) is 0 Å². The third-order valence-corrected chi connectivity index (χ3v) is 18.4. The average Bonchev–Trinajstić information content (AvgIpc) is 3.07. The summed E-state index contributed by atoms with van der Waals surface area (Å²) in [6, 6.07) is 36.9. The van der Waals surface area contributed by atoms with E-state index in [2.05, 4.69) is 104 Å². The first-order valence-electron chi connectivity index (χ1n) is 16.9. The summed E-state index contributed by atoms with van der Waals surface area (Å²) in [7, 11) is -0.243. The van der Waals surface area contributed by atoms with E-state index in [9.17, 15) is 0 Å². The topological polar surface area (TPSA) is 0 Å². The molecular weight excluding hydrogens is 996 g/mol. The predicted octanol–water partition coefficient (Wildman–Crippen LogP) is 12.9. The Bertz CT molecular complexity index is 1870. The predicted molar refractivity (Wildman–Crippen MR) is 217 cm³/mol. The fourth-order valence-electron chi connectivity index (χ4n) is 6.70. The van der Waals surface area contributed by atoms with Crippen molar-refractivity contribution >= 4 is 58.9 Å². The van der Waals surface area contributed by atoms with Crippen molar-refractivity contribution in [3.05, 3.63) is 133 Å². The molecule has 0 heterocycles. The molecule has 6 aromatic carbocycles. The number of rotatable bonds is 6. The van der Waals surface area contributed by atoms with Crippen LogP contribution in [0.4, 0.5) is 0 Å². The summed E-state index contributed by atoms with van der Waals surface area (Å²) in [6.45, 7) is 19.5. The van der Waals surface area contributed by atoms with E-state index in [-0.39, 0.29) is 60.6 Å². The maximum atomic E-state index is 7.35. The van der Waals surface area contributed by atoms with Crippen LogP contribution in [0.15, 0.2) is 109 Å². The standard InChI is InChI=1S/2C16H9.C13H30P2.2Au/c2*1-2-12-11-13-7-3-4-9-15(13)16-10-6-5-8-14(12)16;1-10(2)14(11(3)4)9-15(12(5)6)13(7)8;;/h2*3-11H;10-13H,9H2,1-8H3;;/q2*-1;;2*+1/p+2. The largest absolute Gasteiger partial charge is 1.00 e. The molecule has 4 heteroatoms. The van der Waals surface area contributed by atoms with Gasteiger partial charge in [0.1, 0.15) is 0 Å².